The molecule has 0 bridgehead atoms. The van der Waals surface area contributed by atoms with Crippen LogP contribution in [0.2, 0.25) is 0 Å². The van der Waals surface area contributed by atoms with Gasteiger partial charge in [-0.05, 0) is 11.7 Å². The highest BCUT2D eigenvalue weighted by atomic mass is 127. The van der Waals surface area contributed by atoms with Crippen molar-refractivity contribution in [1.82, 2.24) is 0 Å². The maximum atomic E-state index is 3.57. The van der Waals surface area contributed by atoms with E-state index in [9.17, 15) is 0 Å². The second-order valence-corrected chi connectivity index (χ2v) is 1.89. The van der Waals surface area contributed by atoms with Crippen molar-refractivity contribution in [2.45, 2.75) is 0 Å². The molecule has 0 fully saturated rings. The minimum absolute atomic E-state index is 1.60. The van der Waals surface area contributed by atoms with Gasteiger partial charge in [-0.2, -0.15) is 5.11 Å². The molecule has 0 aromatic rings. The van der Waals surface area contributed by atoms with Crippen LogP contribution in [0.25, 0.3) is 0 Å². The van der Waals surface area contributed by atoms with E-state index in [1.807, 2.05) is 34.5 Å². The zero-order chi connectivity index (χ0) is 5.54. The summed E-state index contributed by atoms with van der Waals surface area (Å²) in [5, 5.41) is 5.44. The van der Waals surface area contributed by atoms with E-state index >= 15 is 0 Å². The predicted octanol–water partition coefficient (Wildman–Crippen LogP) is 2.62. The number of hydrogen-bond donors (Lipinski definition) is 0. The first kappa shape index (κ1) is 7.42. The second kappa shape index (κ2) is 6.42. The molecule has 0 amide bonds. The molecule has 0 spiro atoms. The van der Waals surface area contributed by atoms with E-state index in [-0.39, 0.29) is 0 Å². The SMILES string of the molecule is CS/C=C\N=N/I. The molecule has 0 atom stereocenters. The molecule has 0 N–H and O–H groups in total. The first-order valence-corrected chi connectivity index (χ1v) is 3.86. The van der Waals surface area contributed by atoms with Crippen LogP contribution >= 0.6 is 34.6 Å². The highest BCUT2D eigenvalue weighted by Crippen LogP contribution is 1.94. The van der Waals surface area contributed by atoms with E-state index in [0.717, 1.165) is 0 Å². The standard InChI is InChI=1S/C3H5IN2S/c1-7-3-2-5-6-4/h2-3H,1H3/b3-2-,6-5-. The molecule has 0 aromatic heterocycles. The van der Waals surface area contributed by atoms with Crippen molar-refractivity contribution in [1.29, 1.82) is 0 Å². The lowest BCUT2D eigenvalue weighted by atomic mass is 11.1. The van der Waals surface area contributed by atoms with E-state index in [0.29, 0.717) is 0 Å². The van der Waals surface area contributed by atoms with Crippen molar-refractivity contribution >= 4 is 34.6 Å². The van der Waals surface area contributed by atoms with Gasteiger partial charge in [0.25, 0.3) is 0 Å². The minimum atomic E-state index is 1.60. The fraction of sp³-hybridized carbons (Fsp3) is 0.333. The molecule has 40 valence electrons. The molecule has 0 unspecified atom stereocenters. The molecule has 4 heteroatoms. The Kier molecular flexibility index (Phi) is 6.81. The second-order valence-electron chi connectivity index (χ2n) is 0.712. The molecule has 0 heterocycles. The molecule has 0 rings (SSSR count). The Balaban J connectivity index is 3.09. The van der Waals surface area contributed by atoms with E-state index in [4.69, 9.17) is 0 Å². The van der Waals surface area contributed by atoms with Gasteiger partial charge in [0.1, 0.15) is 22.9 Å². The summed E-state index contributed by atoms with van der Waals surface area (Å²) in [7, 11) is 0. The quantitative estimate of drug-likeness (QED) is 0.526. The summed E-state index contributed by atoms with van der Waals surface area (Å²) in [6, 6.07) is 0. The lowest BCUT2D eigenvalue weighted by Gasteiger charge is -1.69. The predicted molar refractivity (Wildman–Crippen MR) is 41.5 cm³/mol. The Morgan fingerprint density at radius 1 is 1.71 bits per heavy atom. The van der Waals surface area contributed by atoms with Gasteiger partial charge in [-0.1, -0.05) is 0 Å². The molecular weight excluding hydrogens is 223 g/mol. The highest BCUT2D eigenvalue weighted by molar-refractivity contribution is 14.1. The molecule has 2 nitrogen and oxygen atoms in total. The van der Waals surface area contributed by atoms with Crippen LogP contribution in [0.4, 0.5) is 0 Å². The van der Waals surface area contributed by atoms with Crippen LogP contribution in [0.5, 0.6) is 0 Å². The van der Waals surface area contributed by atoms with Gasteiger partial charge in [0, 0.05) is 0 Å². The van der Waals surface area contributed by atoms with E-state index in [2.05, 4.69) is 8.44 Å². The van der Waals surface area contributed by atoms with E-state index < -0.39 is 0 Å². The fourth-order valence-corrected chi connectivity index (χ4v) is 0.433. The molecule has 0 aromatic carbocycles. The van der Waals surface area contributed by atoms with Gasteiger partial charge < -0.3 is 0 Å². The monoisotopic (exact) mass is 228 g/mol. The van der Waals surface area contributed by atoms with Gasteiger partial charge in [0.2, 0.25) is 0 Å². The van der Waals surface area contributed by atoms with Crippen LogP contribution in [0.3, 0.4) is 0 Å². The highest BCUT2D eigenvalue weighted by Gasteiger charge is 1.59. The Bertz CT molecular complexity index is 81.0. The van der Waals surface area contributed by atoms with Crippen LogP contribution in [-0.4, -0.2) is 6.26 Å². The van der Waals surface area contributed by atoms with Gasteiger partial charge in [-0.15, -0.1) is 15.1 Å². The first-order chi connectivity index (χ1) is 3.41. The summed E-state index contributed by atoms with van der Waals surface area (Å²) in [6.45, 7) is 0. The normalized spacial score (nSPS) is 11.7. The number of thioether (sulfide) groups is 1. The molecule has 0 saturated heterocycles. The fourth-order valence-electron chi connectivity index (χ4n) is 0.113. The number of nitrogens with zero attached hydrogens (tertiary/aromatic N) is 2. The van der Waals surface area contributed by atoms with Gasteiger partial charge in [-0.3, -0.25) is 0 Å². The maximum Gasteiger partial charge on any atom is 0.111 e. The van der Waals surface area contributed by atoms with E-state index in [1.165, 1.54) is 0 Å². The summed E-state index contributed by atoms with van der Waals surface area (Å²) in [4.78, 5) is 0. The summed E-state index contributed by atoms with van der Waals surface area (Å²) < 4.78 is 3.47. The maximum absolute atomic E-state index is 3.57. The van der Waals surface area contributed by atoms with Crippen molar-refractivity contribution in [3.05, 3.63) is 11.6 Å². The van der Waals surface area contributed by atoms with Crippen LogP contribution < -0.4 is 0 Å². The Morgan fingerprint density at radius 3 is 2.86 bits per heavy atom. The third kappa shape index (κ3) is 6.42. The van der Waals surface area contributed by atoms with Crippen LogP contribution in [0.15, 0.2) is 20.0 Å². The third-order valence-corrected chi connectivity index (χ3v) is 0.950. The number of rotatable bonds is 2. The Morgan fingerprint density at radius 2 is 2.43 bits per heavy atom. The number of halogens is 1. The van der Waals surface area contributed by atoms with Gasteiger partial charge in [0.15, 0.2) is 0 Å². The summed E-state index contributed by atoms with van der Waals surface area (Å²) in [6.07, 6.45) is 3.62. The molecule has 0 aliphatic rings. The van der Waals surface area contributed by atoms with Gasteiger partial charge >= 0.3 is 0 Å². The van der Waals surface area contributed by atoms with Gasteiger partial charge in [-0.25, -0.2) is 0 Å². The Hall–Kier alpha value is 0.420. The first-order valence-electron chi connectivity index (χ1n) is 1.60. The number of hydrogen-bond acceptors (Lipinski definition) is 3. The van der Waals surface area contributed by atoms with Crippen molar-refractivity contribution < 1.29 is 0 Å². The van der Waals surface area contributed by atoms with Crippen molar-refractivity contribution in [3.63, 3.8) is 0 Å². The minimum Gasteiger partial charge on any atom is -0.153 e. The molecule has 0 saturated carbocycles. The molecular formula is C3H5IN2S. The van der Waals surface area contributed by atoms with Crippen LogP contribution in [-0.2, 0) is 0 Å². The zero-order valence-electron chi connectivity index (χ0n) is 3.84. The Labute approximate surface area is 61.0 Å². The summed E-state index contributed by atoms with van der Waals surface area (Å²) >= 11 is 3.43. The van der Waals surface area contributed by atoms with Gasteiger partial charge in [0.05, 0.1) is 6.20 Å². The molecule has 7 heavy (non-hydrogen) atoms. The average Bonchev–Trinajstić information content (AvgIpc) is 1.69. The van der Waals surface area contributed by atoms with Crippen molar-refractivity contribution in [3.8, 4) is 0 Å². The molecule has 0 aliphatic carbocycles. The summed E-state index contributed by atoms with van der Waals surface area (Å²) in [5.41, 5.74) is 0. The topological polar surface area (TPSA) is 24.7 Å². The van der Waals surface area contributed by atoms with Crippen molar-refractivity contribution in [2.75, 3.05) is 6.26 Å². The van der Waals surface area contributed by atoms with E-state index in [1.54, 1.807) is 18.0 Å². The largest absolute Gasteiger partial charge is 0.153 e. The van der Waals surface area contributed by atoms with Crippen LogP contribution in [0.1, 0.15) is 0 Å². The molecule has 0 radical (unpaired) electrons. The zero-order valence-corrected chi connectivity index (χ0v) is 6.81. The van der Waals surface area contributed by atoms with Crippen LogP contribution in [0, 0.1) is 0 Å². The summed E-state index contributed by atoms with van der Waals surface area (Å²) in [5.74, 6) is 0. The lowest BCUT2D eigenvalue weighted by molar-refractivity contribution is 1.38. The lowest BCUT2D eigenvalue weighted by Crippen LogP contribution is -1.40. The molecule has 0 aliphatic heterocycles. The third-order valence-electron chi connectivity index (χ3n) is 0.307. The van der Waals surface area contributed by atoms with Crippen molar-refractivity contribution in [2.24, 2.45) is 8.44 Å². The average molecular weight is 228 g/mol. The smallest absolute Gasteiger partial charge is 0.111 e.